The van der Waals surface area contributed by atoms with Gasteiger partial charge in [0.05, 0.1) is 0 Å². The van der Waals surface area contributed by atoms with Crippen LogP contribution in [0.4, 0.5) is 0 Å². The van der Waals surface area contributed by atoms with Gasteiger partial charge in [0.2, 0.25) is 0 Å². The average Bonchev–Trinajstić information content (AvgIpc) is 2.07. The van der Waals surface area contributed by atoms with Gasteiger partial charge in [-0.05, 0) is 34.1 Å². The Balaban J connectivity index is -0.000000170. The topological polar surface area (TPSA) is 26.0 Å². The Hall–Kier alpha value is -0.720. The van der Waals surface area contributed by atoms with Gasteiger partial charge in [0.15, 0.2) is 0 Å². The molecule has 1 nitrogen and oxygen atoms in total. The minimum atomic E-state index is 0.979. The number of rotatable bonds is 2. The molecule has 0 aliphatic rings. The van der Waals surface area contributed by atoms with Gasteiger partial charge in [-0.25, -0.2) is 0 Å². The van der Waals surface area contributed by atoms with Crippen molar-refractivity contribution in [1.29, 1.82) is 0 Å². The van der Waals surface area contributed by atoms with Gasteiger partial charge in [-0.2, -0.15) is 0 Å². The Kier molecular flexibility index (Phi) is 20.0. The van der Waals surface area contributed by atoms with Crippen LogP contribution in [-0.2, 0) is 0 Å². The first-order valence-corrected chi connectivity index (χ1v) is 5.45. The molecule has 0 radical (unpaired) electrons. The van der Waals surface area contributed by atoms with Gasteiger partial charge in [-0.15, -0.1) is 6.58 Å². The van der Waals surface area contributed by atoms with Crippen molar-refractivity contribution >= 4 is 0 Å². The van der Waals surface area contributed by atoms with E-state index in [2.05, 4.69) is 20.4 Å². The lowest BCUT2D eigenvalue weighted by Gasteiger charge is -1.98. The molecule has 1 heteroatoms. The molecule has 0 atom stereocenters. The molecule has 0 amide bonds. The monoisotopic (exact) mass is 199 g/mol. The molecule has 14 heavy (non-hydrogen) atoms. The molecule has 0 saturated carbocycles. The molecule has 0 aromatic carbocycles. The maximum atomic E-state index is 5.50. The first-order chi connectivity index (χ1) is 6.41. The Morgan fingerprint density at radius 1 is 1.07 bits per heavy atom. The lowest BCUT2D eigenvalue weighted by Crippen LogP contribution is -1.94. The Bertz CT molecular complexity index is 147. The van der Waals surface area contributed by atoms with Crippen molar-refractivity contribution in [3.05, 3.63) is 23.4 Å². The number of nitrogens with two attached hydrogens (primary N) is 1. The van der Waals surface area contributed by atoms with E-state index in [0.29, 0.717) is 0 Å². The summed E-state index contributed by atoms with van der Waals surface area (Å²) in [6, 6.07) is 0. The second-order valence-electron chi connectivity index (χ2n) is 3.42. The van der Waals surface area contributed by atoms with E-state index in [1.807, 2.05) is 34.6 Å². The zero-order valence-electron chi connectivity index (χ0n) is 11.2. The molecule has 0 fully saturated rings. The quantitative estimate of drug-likeness (QED) is 0.644. The zero-order valence-corrected chi connectivity index (χ0v) is 11.2. The minimum Gasteiger partial charge on any atom is -0.402 e. The van der Waals surface area contributed by atoms with Crippen LogP contribution in [0.1, 0.15) is 61.3 Å². The number of allylic oxidation sites excluding steroid dienone is 3. The molecule has 0 heterocycles. The highest BCUT2D eigenvalue weighted by Crippen LogP contribution is 2.04. The van der Waals surface area contributed by atoms with E-state index >= 15 is 0 Å². The summed E-state index contributed by atoms with van der Waals surface area (Å²) >= 11 is 0. The van der Waals surface area contributed by atoms with Crippen molar-refractivity contribution in [3.63, 3.8) is 0 Å². The Morgan fingerprint density at radius 2 is 1.36 bits per heavy atom. The van der Waals surface area contributed by atoms with Gasteiger partial charge in [0.1, 0.15) is 0 Å². The molecule has 0 aromatic rings. The molecular formula is C13H29N. The van der Waals surface area contributed by atoms with Crippen LogP contribution in [0.2, 0.25) is 0 Å². The fraction of sp³-hybridized carbons (Fsp3) is 0.692. The third-order valence-corrected chi connectivity index (χ3v) is 1.30. The van der Waals surface area contributed by atoms with E-state index in [0.717, 1.165) is 12.1 Å². The number of hydrogen-bond donors (Lipinski definition) is 1. The molecular weight excluding hydrogens is 170 g/mol. The van der Waals surface area contributed by atoms with E-state index in [4.69, 9.17) is 5.73 Å². The van der Waals surface area contributed by atoms with Crippen molar-refractivity contribution in [1.82, 2.24) is 0 Å². The van der Waals surface area contributed by atoms with E-state index in [-0.39, 0.29) is 0 Å². The van der Waals surface area contributed by atoms with Crippen LogP contribution in [0, 0.1) is 0 Å². The second kappa shape index (κ2) is 14.8. The van der Waals surface area contributed by atoms with Crippen LogP contribution in [0.3, 0.4) is 0 Å². The second-order valence-corrected chi connectivity index (χ2v) is 3.42. The first kappa shape index (κ1) is 18.9. The smallest absolute Gasteiger partial charge is 0.00379 e. The Morgan fingerprint density at radius 3 is 1.43 bits per heavy atom. The molecule has 0 saturated heterocycles. The molecule has 0 unspecified atom stereocenters. The maximum absolute atomic E-state index is 5.50. The number of hydrogen-bond acceptors (Lipinski definition) is 1. The minimum absolute atomic E-state index is 0.979. The van der Waals surface area contributed by atoms with Gasteiger partial charge < -0.3 is 5.73 Å². The van der Waals surface area contributed by atoms with E-state index < -0.39 is 0 Å². The van der Waals surface area contributed by atoms with Crippen molar-refractivity contribution in [2.45, 2.75) is 61.3 Å². The standard InChI is InChI=1S/C7H15N.C4H8.C2H6/c1-4-5-6(2)7(3)8;1-4(2)3;1-2/h4-5,8H2,1-3H3;1H2,2-3H3;1-2H3/b7-6+;;. The lowest BCUT2D eigenvalue weighted by atomic mass is 10.1. The third kappa shape index (κ3) is 30.2. The van der Waals surface area contributed by atoms with E-state index in [1.165, 1.54) is 17.6 Å². The summed E-state index contributed by atoms with van der Waals surface area (Å²) in [5, 5.41) is 0. The van der Waals surface area contributed by atoms with Crippen molar-refractivity contribution in [2.24, 2.45) is 5.73 Å². The van der Waals surface area contributed by atoms with Crippen LogP contribution in [0.25, 0.3) is 0 Å². The molecule has 86 valence electrons. The van der Waals surface area contributed by atoms with Gasteiger partial charge in [0.25, 0.3) is 0 Å². The molecule has 0 aromatic heterocycles. The van der Waals surface area contributed by atoms with Gasteiger partial charge in [-0.3, -0.25) is 0 Å². The summed E-state index contributed by atoms with van der Waals surface area (Å²) in [5.74, 6) is 0. The highest BCUT2D eigenvalue weighted by Gasteiger charge is 1.87. The lowest BCUT2D eigenvalue weighted by molar-refractivity contribution is 0.886. The van der Waals surface area contributed by atoms with Gasteiger partial charge >= 0.3 is 0 Å². The van der Waals surface area contributed by atoms with Crippen LogP contribution in [-0.4, -0.2) is 0 Å². The fourth-order valence-corrected chi connectivity index (χ4v) is 0.572. The molecule has 2 N–H and O–H groups in total. The van der Waals surface area contributed by atoms with Crippen LogP contribution in [0.5, 0.6) is 0 Å². The summed E-state index contributed by atoms with van der Waals surface area (Å²) in [6.07, 6.45) is 2.34. The molecule has 0 spiro atoms. The van der Waals surface area contributed by atoms with Crippen LogP contribution >= 0.6 is 0 Å². The average molecular weight is 199 g/mol. The Labute approximate surface area is 91.1 Å². The van der Waals surface area contributed by atoms with Crippen LogP contribution in [0.15, 0.2) is 23.4 Å². The first-order valence-electron chi connectivity index (χ1n) is 5.45. The predicted molar refractivity (Wildman–Crippen MR) is 69.3 cm³/mol. The largest absolute Gasteiger partial charge is 0.402 e. The van der Waals surface area contributed by atoms with E-state index in [9.17, 15) is 0 Å². The van der Waals surface area contributed by atoms with Gasteiger partial charge in [0, 0.05) is 5.70 Å². The van der Waals surface area contributed by atoms with Crippen molar-refractivity contribution < 1.29 is 0 Å². The predicted octanol–water partition coefficient (Wildman–Crippen LogP) is 4.65. The highest BCUT2D eigenvalue weighted by atomic mass is 14.6. The summed E-state index contributed by atoms with van der Waals surface area (Å²) in [6.45, 7) is 17.7. The van der Waals surface area contributed by atoms with Crippen molar-refractivity contribution in [2.75, 3.05) is 0 Å². The highest BCUT2D eigenvalue weighted by molar-refractivity contribution is 5.04. The van der Waals surface area contributed by atoms with Gasteiger partial charge in [-0.1, -0.05) is 38.3 Å². The fourth-order valence-electron chi connectivity index (χ4n) is 0.572. The normalized spacial score (nSPS) is 9.93. The summed E-state index contributed by atoms with van der Waals surface area (Å²) in [7, 11) is 0. The molecule has 0 aliphatic carbocycles. The summed E-state index contributed by atoms with van der Waals surface area (Å²) in [4.78, 5) is 0. The van der Waals surface area contributed by atoms with Crippen LogP contribution < -0.4 is 5.73 Å². The summed E-state index contributed by atoms with van der Waals surface area (Å²) in [5.41, 5.74) is 8.97. The van der Waals surface area contributed by atoms with Crippen molar-refractivity contribution in [3.8, 4) is 0 Å². The maximum Gasteiger partial charge on any atom is 0.00379 e. The molecule has 0 aliphatic heterocycles. The summed E-state index contributed by atoms with van der Waals surface area (Å²) < 4.78 is 0. The SMILES string of the molecule is C=C(C)C.CC.CCC/C(C)=C(\C)N. The molecule has 0 rings (SSSR count). The molecule has 0 bridgehead atoms. The zero-order chi connectivity index (χ0) is 12.1. The van der Waals surface area contributed by atoms with E-state index in [1.54, 1.807) is 0 Å². The third-order valence-electron chi connectivity index (χ3n) is 1.30.